The summed E-state index contributed by atoms with van der Waals surface area (Å²) in [5.41, 5.74) is -0.633. The smallest absolute Gasteiger partial charge is 0.395 e. The maximum atomic E-state index is 12.6. The highest BCUT2D eigenvalue weighted by atomic mass is 19.4. The van der Waals surface area contributed by atoms with E-state index in [4.69, 9.17) is 5.11 Å². The van der Waals surface area contributed by atoms with E-state index in [9.17, 15) is 23.4 Å². The average Bonchev–Trinajstić information content (AvgIpc) is 3.12. The number of alkyl halides is 3. The van der Waals surface area contributed by atoms with E-state index in [0.717, 1.165) is 18.9 Å². The Morgan fingerprint density at radius 1 is 1.19 bits per heavy atom. The van der Waals surface area contributed by atoms with Crippen molar-refractivity contribution in [1.82, 2.24) is 9.88 Å². The minimum Gasteiger partial charge on any atom is -0.395 e. The number of anilines is 1. The number of nitrogens with zero attached hydrogens (tertiary/aromatic N) is 3. The van der Waals surface area contributed by atoms with E-state index in [1.54, 1.807) is 4.90 Å². The van der Waals surface area contributed by atoms with Crippen LogP contribution in [0.2, 0.25) is 0 Å². The molecule has 6 nitrogen and oxygen atoms in total. The van der Waals surface area contributed by atoms with Crippen LogP contribution in [0.25, 0.3) is 0 Å². The zero-order chi connectivity index (χ0) is 19.3. The molecule has 0 bridgehead atoms. The molecule has 3 heterocycles. The van der Waals surface area contributed by atoms with Crippen LogP contribution >= 0.6 is 0 Å². The molecule has 0 aliphatic carbocycles. The van der Waals surface area contributed by atoms with Crippen molar-refractivity contribution in [3.8, 4) is 0 Å². The number of likely N-dealkylation sites (tertiary alicyclic amines) is 1. The van der Waals surface area contributed by atoms with E-state index < -0.39 is 23.9 Å². The number of likely N-dealkylation sites (N-methyl/N-ethyl adjacent to an activating group) is 1. The van der Waals surface area contributed by atoms with Crippen molar-refractivity contribution >= 4 is 5.82 Å². The summed E-state index contributed by atoms with van der Waals surface area (Å²) < 4.78 is 37.9. The molecule has 148 valence electrons. The van der Waals surface area contributed by atoms with Gasteiger partial charge in [-0.05, 0) is 38.4 Å². The average molecular weight is 377 g/mol. The normalized spacial score (nSPS) is 27.2. The number of aliphatic hydroxyl groups is 3. The predicted octanol–water partition coefficient (Wildman–Crippen LogP) is 1.11. The van der Waals surface area contributed by atoms with Gasteiger partial charge in [-0.15, -0.1) is 0 Å². The van der Waals surface area contributed by atoms with Gasteiger partial charge < -0.3 is 20.2 Å². The van der Waals surface area contributed by atoms with Crippen LogP contribution in [0, 0.1) is 0 Å². The minimum atomic E-state index is -4.31. The highest BCUT2D eigenvalue weighted by molar-refractivity contribution is 5.48. The van der Waals surface area contributed by atoms with Crippen molar-refractivity contribution in [3.05, 3.63) is 23.9 Å². The topological polar surface area (TPSA) is 80.1 Å². The van der Waals surface area contributed by atoms with Gasteiger partial charge in [0.25, 0.3) is 0 Å². The molecule has 2 fully saturated rings. The third-order valence-electron chi connectivity index (χ3n) is 4.76. The molecular weight excluding hydrogens is 351 g/mol. The fourth-order valence-corrected chi connectivity index (χ4v) is 3.19. The maximum Gasteiger partial charge on any atom is 0.419 e. The number of aliphatic hydroxyl groups excluding tert-OH is 3. The molecule has 2 aliphatic rings. The number of β-amino-alcohol motifs (C(OH)–C–C–N with tert-alkyl or cyclic N) is 1. The number of aromatic nitrogens is 1. The molecule has 1 aromatic rings. The number of pyridine rings is 1. The monoisotopic (exact) mass is 377 g/mol. The second-order valence-electron chi connectivity index (χ2n) is 6.71. The van der Waals surface area contributed by atoms with E-state index in [1.807, 2.05) is 11.9 Å². The number of hydrogen-bond acceptors (Lipinski definition) is 6. The van der Waals surface area contributed by atoms with Crippen LogP contribution in [0.5, 0.6) is 0 Å². The first-order chi connectivity index (χ1) is 12.2. The summed E-state index contributed by atoms with van der Waals surface area (Å²) in [6.07, 6.45) is -1.92. The fourth-order valence-electron chi connectivity index (χ4n) is 3.19. The molecule has 3 atom stereocenters. The van der Waals surface area contributed by atoms with Gasteiger partial charge in [0.15, 0.2) is 0 Å². The van der Waals surface area contributed by atoms with Crippen LogP contribution in [0.4, 0.5) is 19.0 Å². The quantitative estimate of drug-likeness (QED) is 0.717. The summed E-state index contributed by atoms with van der Waals surface area (Å²) in [6.45, 7) is 1.81. The summed E-state index contributed by atoms with van der Waals surface area (Å²) in [4.78, 5) is 7.39. The molecular formula is C17H26F3N3O3. The molecule has 2 saturated heterocycles. The largest absolute Gasteiger partial charge is 0.419 e. The zero-order valence-corrected chi connectivity index (χ0v) is 14.7. The van der Waals surface area contributed by atoms with E-state index in [-0.39, 0.29) is 18.5 Å². The van der Waals surface area contributed by atoms with Crippen molar-refractivity contribution in [2.45, 2.75) is 43.7 Å². The lowest BCUT2D eigenvalue weighted by atomic mass is 9.98. The summed E-state index contributed by atoms with van der Waals surface area (Å²) in [5.74, 6) is 0.0718. The number of hydrogen-bond donors (Lipinski definition) is 3. The maximum absolute atomic E-state index is 12.6. The molecule has 1 unspecified atom stereocenters. The summed E-state index contributed by atoms with van der Waals surface area (Å²) in [5, 5.41) is 27.2. The fraction of sp³-hybridized carbons (Fsp3) is 0.706. The Balaban J connectivity index is 0.000000197. The SMILES string of the molecule is CN1C[C@H](O)C(O)C[C@@H]1CO.FC(F)(F)c1cccnc1N1CCCC1. The van der Waals surface area contributed by atoms with Gasteiger partial charge in [0.05, 0.1) is 24.4 Å². The molecule has 26 heavy (non-hydrogen) atoms. The first kappa shape index (κ1) is 20.9. The van der Waals surface area contributed by atoms with Gasteiger partial charge in [0.2, 0.25) is 0 Å². The highest BCUT2D eigenvalue weighted by Crippen LogP contribution is 2.35. The van der Waals surface area contributed by atoms with Gasteiger partial charge in [0, 0.05) is 31.9 Å². The van der Waals surface area contributed by atoms with Crippen molar-refractivity contribution in [3.63, 3.8) is 0 Å². The summed E-state index contributed by atoms with van der Waals surface area (Å²) in [6, 6.07) is 2.40. The molecule has 1 aromatic heterocycles. The van der Waals surface area contributed by atoms with Crippen LogP contribution in [0.3, 0.4) is 0 Å². The van der Waals surface area contributed by atoms with Gasteiger partial charge in [-0.2, -0.15) is 13.2 Å². The van der Waals surface area contributed by atoms with E-state index in [0.29, 0.717) is 26.1 Å². The zero-order valence-electron chi connectivity index (χ0n) is 14.7. The van der Waals surface area contributed by atoms with E-state index >= 15 is 0 Å². The van der Waals surface area contributed by atoms with Gasteiger partial charge in [-0.3, -0.25) is 4.90 Å². The number of halogens is 3. The second kappa shape index (κ2) is 8.98. The van der Waals surface area contributed by atoms with Gasteiger partial charge >= 0.3 is 6.18 Å². The van der Waals surface area contributed by atoms with Crippen molar-refractivity contribution in [2.24, 2.45) is 0 Å². The first-order valence-corrected chi connectivity index (χ1v) is 8.68. The Morgan fingerprint density at radius 2 is 1.85 bits per heavy atom. The summed E-state index contributed by atoms with van der Waals surface area (Å²) >= 11 is 0. The van der Waals surface area contributed by atoms with Crippen molar-refractivity contribution in [2.75, 3.05) is 38.2 Å². The number of rotatable bonds is 2. The highest BCUT2D eigenvalue weighted by Gasteiger charge is 2.36. The van der Waals surface area contributed by atoms with Crippen LogP contribution in [-0.4, -0.2) is 76.7 Å². The third-order valence-corrected chi connectivity index (χ3v) is 4.76. The molecule has 3 N–H and O–H groups in total. The van der Waals surface area contributed by atoms with Crippen LogP contribution in [0.15, 0.2) is 18.3 Å². The van der Waals surface area contributed by atoms with Crippen LogP contribution < -0.4 is 4.90 Å². The van der Waals surface area contributed by atoms with Crippen LogP contribution in [-0.2, 0) is 6.18 Å². The lowest BCUT2D eigenvalue weighted by molar-refractivity contribution is -0.137. The minimum absolute atomic E-state index is 0.00611. The molecule has 3 rings (SSSR count). The molecule has 0 radical (unpaired) electrons. The van der Waals surface area contributed by atoms with Crippen molar-refractivity contribution < 1.29 is 28.5 Å². The Kier molecular flexibility index (Phi) is 7.22. The van der Waals surface area contributed by atoms with Gasteiger partial charge in [-0.1, -0.05) is 0 Å². The Morgan fingerprint density at radius 3 is 2.42 bits per heavy atom. The molecule has 0 spiro atoms. The third kappa shape index (κ3) is 5.29. The Bertz CT molecular complexity index is 568. The Labute approximate surface area is 150 Å². The van der Waals surface area contributed by atoms with Crippen LogP contribution in [0.1, 0.15) is 24.8 Å². The van der Waals surface area contributed by atoms with Gasteiger partial charge in [0.1, 0.15) is 5.82 Å². The summed E-state index contributed by atoms with van der Waals surface area (Å²) in [7, 11) is 1.83. The standard InChI is InChI=1S/C10H11F3N2.C7H15NO3/c11-10(12,13)8-4-3-5-14-9(8)15-6-1-2-7-15;1-8-3-7(11)6(10)2-5(8)4-9/h3-5H,1-2,6-7H2;5-7,9-11H,2-4H2,1H3/t;5-,6?,7+/m.1/s1. The molecule has 9 heteroatoms. The first-order valence-electron chi connectivity index (χ1n) is 8.68. The van der Waals surface area contributed by atoms with E-state index in [2.05, 4.69) is 4.98 Å². The lowest BCUT2D eigenvalue weighted by Crippen LogP contribution is -2.51. The molecule has 0 amide bonds. The van der Waals surface area contributed by atoms with E-state index in [1.165, 1.54) is 12.3 Å². The van der Waals surface area contributed by atoms with Crippen molar-refractivity contribution in [1.29, 1.82) is 0 Å². The number of piperidine rings is 1. The molecule has 0 saturated carbocycles. The van der Waals surface area contributed by atoms with Gasteiger partial charge in [-0.25, -0.2) is 4.98 Å². The second-order valence-corrected chi connectivity index (χ2v) is 6.71. The predicted molar refractivity (Wildman–Crippen MR) is 90.8 cm³/mol. The molecule has 2 aliphatic heterocycles. The Hall–Kier alpha value is -1.42. The lowest BCUT2D eigenvalue weighted by Gasteiger charge is -2.37. The molecule has 0 aromatic carbocycles.